The molecule has 0 fully saturated rings. The summed E-state index contributed by atoms with van der Waals surface area (Å²) < 4.78 is 27.6. The first-order valence-electron chi connectivity index (χ1n) is 4.82. The number of hydrogen-bond donors (Lipinski definition) is 2. The lowest BCUT2D eigenvalue weighted by molar-refractivity contribution is 0.582. The highest BCUT2D eigenvalue weighted by atomic mass is 35.5. The first-order valence-corrected chi connectivity index (χ1v) is 6.69. The number of rotatable bonds is 3. The summed E-state index contributed by atoms with van der Waals surface area (Å²) in [5, 5.41) is 3.64. The largest absolute Gasteiger partial charge is 0.396 e. The molecule has 0 radical (unpaired) electrons. The second-order valence-corrected chi connectivity index (χ2v) is 5.47. The molecule has 0 atom stereocenters. The van der Waals surface area contributed by atoms with Crippen LogP contribution in [0.15, 0.2) is 29.6 Å². The fourth-order valence-corrected chi connectivity index (χ4v) is 3.08. The van der Waals surface area contributed by atoms with Gasteiger partial charge in [-0.2, -0.15) is 13.5 Å². The van der Waals surface area contributed by atoms with Gasteiger partial charge in [-0.05, 0) is 12.1 Å². The highest BCUT2D eigenvalue weighted by Crippen LogP contribution is 2.23. The van der Waals surface area contributed by atoms with Crippen LogP contribution in [0.1, 0.15) is 0 Å². The molecule has 0 spiro atoms. The number of nitrogens with two attached hydrogens (primary N) is 1. The van der Waals surface area contributed by atoms with E-state index in [0.29, 0.717) is 0 Å². The van der Waals surface area contributed by atoms with E-state index in [1.54, 1.807) is 6.07 Å². The van der Waals surface area contributed by atoms with E-state index in [4.69, 9.17) is 17.3 Å². The molecule has 0 saturated heterocycles. The minimum atomic E-state index is -3.88. The zero-order chi connectivity index (χ0) is 13.3. The van der Waals surface area contributed by atoms with E-state index in [9.17, 15) is 8.42 Å². The van der Waals surface area contributed by atoms with Crippen LogP contribution in [0.5, 0.6) is 0 Å². The van der Waals surface area contributed by atoms with Crippen molar-refractivity contribution >= 4 is 33.1 Å². The highest BCUT2D eigenvalue weighted by molar-refractivity contribution is 7.92. The van der Waals surface area contributed by atoms with Crippen LogP contribution in [-0.4, -0.2) is 23.2 Å². The maximum atomic E-state index is 12.1. The summed E-state index contributed by atoms with van der Waals surface area (Å²) in [6, 6.07) is 3.14. The normalized spacial score (nSPS) is 11.4. The van der Waals surface area contributed by atoms with E-state index in [1.807, 2.05) is 0 Å². The van der Waals surface area contributed by atoms with Gasteiger partial charge in [0.25, 0.3) is 10.0 Å². The van der Waals surface area contributed by atoms with Gasteiger partial charge in [0.05, 0.1) is 16.9 Å². The minimum Gasteiger partial charge on any atom is -0.396 e. The van der Waals surface area contributed by atoms with Gasteiger partial charge in [0.1, 0.15) is 0 Å². The van der Waals surface area contributed by atoms with Crippen molar-refractivity contribution in [3.05, 3.63) is 29.5 Å². The number of anilines is 2. The molecule has 0 aromatic carbocycles. The van der Waals surface area contributed by atoms with Gasteiger partial charge in [-0.15, -0.1) is 0 Å². The van der Waals surface area contributed by atoms with E-state index < -0.39 is 10.0 Å². The summed E-state index contributed by atoms with van der Waals surface area (Å²) in [5.74, 6) is 0.0507. The van der Waals surface area contributed by atoms with Gasteiger partial charge < -0.3 is 5.73 Å². The molecule has 18 heavy (non-hydrogen) atoms. The van der Waals surface area contributed by atoms with Gasteiger partial charge in [-0.25, -0.2) is 4.98 Å². The quantitative estimate of drug-likeness (QED) is 0.871. The Balaban J connectivity index is 2.43. The van der Waals surface area contributed by atoms with Crippen LogP contribution >= 0.6 is 11.6 Å². The first-order chi connectivity index (χ1) is 8.42. The Morgan fingerprint density at radius 2 is 2.22 bits per heavy atom. The molecule has 2 aromatic heterocycles. The maximum absolute atomic E-state index is 12.1. The number of halogens is 1. The van der Waals surface area contributed by atoms with Crippen molar-refractivity contribution < 1.29 is 8.42 Å². The Morgan fingerprint density at radius 3 is 2.78 bits per heavy atom. The Labute approximate surface area is 109 Å². The molecule has 2 aromatic rings. The molecule has 0 aliphatic carbocycles. The molecule has 96 valence electrons. The van der Waals surface area contributed by atoms with Crippen molar-refractivity contribution in [3.63, 3.8) is 0 Å². The summed E-state index contributed by atoms with van der Waals surface area (Å²) in [7, 11) is -2.40. The molecular formula is C9H10ClN5O2S. The van der Waals surface area contributed by atoms with E-state index in [-0.39, 0.29) is 21.6 Å². The molecule has 0 aliphatic rings. The fourth-order valence-electron chi connectivity index (χ4n) is 1.38. The number of sulfonamides is 1. The lowest BCUT2D eigenvalue weighted by Gasteiger charge is -2.09. The average Bonchev–Trinajstić information content (AvgIpc) is 2.62. The zero-order valence-electron chi connectivity index (χ0n) is 9.33. The molecule has 0 bridgehead atoms. The van der Waals surface area contributed by atoms with Gasteiger partial charge in [-0.3, -0.25) is 9.40 Å². The van der Waals surface area contributed by atoms with Crippen molar-refractivity contribution in [2.45, 2.75) is 5.03 Å². The third-order valence-electron chi connectivity index (χ3n) is 2.17. The number of pyridine rings is 1. The van der Waals surface area contributed by atoms with Crippen LogP contribution in [0, 0.1) is 0 Å². The molecular weight excluding hydrogens is 278 g/mol. The summed E-state index contributed by atoms with van der Waals surface area (Å²) in [6.07, 6.45) is 2.68. The number of hydrogen-bond acceptors (Lipinski definition) is 5. The number of nitrogens with one attached hydrogen (secondary N) is 1. The highest BCUT2D eigenvalue weighted by Gasteiger charge is 2.23. The molecule has 0 aliphatic heterocycles. The molecule has 9 heteroatoms. The minimum absolute atomic E-state index is 0.0273. The molecule has 0 unspecified atom stereocenters. The third-order valence-corrected chi connectivity index (χ3v) is 4.01. The zero-order valence-corrected chi connectivity index (χ0v) is 10.9. The predicted octanol–water partition coefficient (Wildman–Crippen LogP) is 0.851. The Hall–Kier alpha value is -1.80. The van der Waals surface area contributed by atoms with E-state index >= 15 is 0 Å². The molecule has 2 heterocycles. The van der Waals surface area contributed by atoms with E-state index in [2.05, 4.69) is 14.8 Å². The third kappa shape index (κ3) is 2.24. The topological polar surface area (TPSA) is 103 Å². The maximum Gasteiger partial charge on any atom is 0.281 e. The standard InChI is InChI=1S/C9H10ClN5O2S/c1-15-9(6(10)5-13-15)18(16,17)14-8-7(11)3-2-4-12-8/h2-5H,11H2,1H3,(H,12,14). The van der Waals surface area contributed by atoms with E-state index in [0.717, 1.165) is 4.68 Å². The smallest absolute Gasteiger partial charge is 0.281 e. The number of nitrogen functional groups attached to an aromatic ring is 1. The van der Waals surface area contributed by atoms with Crippen molar-refractivity contribution in [1.82, 2.24) is 14.8 Å². The van der Waals surface area contributed by atoms with Gasteiger partial charge in [0.15, 0.2) is 10.8 Å². The Kier molecular flexibility index (Phi) is 3.14. The van der Waals surface area contributed by atoms with Crippen LogP contribution in [0.3, 0.4) is 0 Å². The lowest BCUT2D eigenvalue weighted by Crippen LogP contribution is -2.18. The van der Waals surface area contributed by atoms with Crippen LogP contribution in [0.4, 0.5) is 11.5 Å². The molecule has 0 amide bonds. The second kappa shape index (κ2) is 4.46. The van der Waals surface area contributed by atoms with Crippen LogP contribution < -0.4 is 10.5 Å². The van der Waals surface area contributed by atoms with Crippen LogP contribution in [-0.2, 0) is 17.1 Å². The summed E-state index contributed by atoms with van der Waals surface area (Å²) in [4.78, 5) is 3.84. The monoisotopic (exact) mass is 287 g/mol. The summed E-state index contributed by atoms with van der Waals surface area (Å²) >= 11 is 5.78. The van der Waals surface area contributed by atoms with Crippen LogP contribution in [0.2, 0.25) is 5.02 Å². The van der Waals surface area contributed by atoms with Gasteiger partial charge >= 0.3 is 0 Å². The molecule has 0 saturated carbocycles. The van der Waals surface area contributed by atoms with Crippen molar-refractivity contribution in [2.24, 2.45) is 7.05 Å². The van der Waals surface area contributed by atoms with Crippen molar-refractivity contribution in [1.29, 1.82) is 0 Å². The number of nitrogens with zero attached hydrogens (tertiary/aromatic N) is 3. The molecule has 3 N–H and O–H groups in total. The SMILES string of the molecule is Cn1ncc(Cl)c1S(=O)(=O)Nc1ncccc1N. The predicted molar refractivity (Wildman–Crippen MR) is 67.7 cm³/mol. The van der Waals surface area contributed by atoms with E-state index in [1.165, 1.54) is 25.5 Å². The second-order valence-electron chi connectivity index (χ2n) is 3.47. The number of aryl methyl sites for hydroxylation is 1. The Bertz CT molecular complexity index is 663. The summed E-state index contributed by atoms with van der Waals surface area (Å²) in [5.41, 5.74) is 5.83. The van der Waals surface area contributed by atoms with Crippen molar-refractivity contribution in [3.8, 4) is 0 Å². The van der Waals surface area contributed by atoms with Crippen molar-refractivity contribution in [2.75, 3.05) is 10.5 Å². The Morgan fingerprint density at radius 1 is 1.50 bits per heavy atom. The van der Waals surface area contributed by atoms with Gasteiger partial charge in [0, 0.05) is 13.2 Å². The van der Waals surface area contributed by atoms with Crippen LogP contribution in [0.25, 0.3) is 0 Å². The van der Waals surface area contributed by atoms with Gasteiger partial charge in [0.2, 0.25) is 0 Å². The molecule has 2 rings (SSSR count). The number of aromatic nitrogens is 3. The average molecular weight is 288 g/mol. The van der Waals surface area contributed by atoms with Gasteiger partial charge in [-0.1, -0.05) is 11.6 Å². The fraction of sp³-hybridized carbons (Fsp3) is 0.111. The molecule has 7 nitrogen and oxygen atoms in total. The lowest BCUT2D eigenvalue weighted by atomic mass is 10.4. The summed E-state index contributed by atoms with van der Waals surface area (Å²) in [6.45, 7) is 0. The first kappa shape index (κ1) is 12.7.